The van der Waals surface area contributed by atoms with E-state index >= 15 is 0 Å². The number of benzene rings is 3. The molecular weight excluding hydrogens is 406 g/mol. The maximum Gasteiger partial charge on any atom is 0.284 e. The Bertz CT molecular complexity index is 1350. The van der Waals surface area contributed by atoms with Crippen LogP contribution >= 0.6 is 11.3 Å². The van der Waals surface area contributed by atoms with Crippen molar-refractivity contribution in [3.63, 3.8) is 0 Å². The average Bonchev–Trinajstić information content (AvgIpc) is 3.31. The lowest BCUT2D eigenvalue weighted by Crippen LogP contribution is -2.32. The number of fused-ring (bicyclic) bond motifs is 1. The second kappa shape index (κ2) is 7.49. The molecule has 4 aromatic rings. The molecule has 152 valence electrons. The fourth-order valence-corrected chi connectivity index (χ4v) is 4.54. The lowest BCUT2D eigenvalue weighted by molar-refractivity contribution is -0.113. The minimum absolute atomic E-state index is 0.101. The Labute approximate surface area is 183 Å². The molecule has 1 amide bonds. The van der Waals surface area contributed by atoms with Crippen molar-refractivity contribution in [3.05, 3.63) is 94.7 Å². The Morgan fingerprint density at radius 3 is 2.45 bits per heavy atom. The van der Waals surface area contributed by atoms with Gasteiger partial charge in [-0.3, -0.25) is 4.79 Å². The van der Waals surface area contributed by atoms with Crippen LogP contribution in [0, 0.1) is 13.8 Å². The molecule has 5 rings (SSSR count). The number of carbonyl (C=O) groups excluding carboxylic acids is 1. The molecule has 1 aliphatic rings. The number of aryl methyl sites for hydroxylation is 2. The third-order valence-corrected chi connectivity index (χ3v) is 6.31. The van der Waals surface area contributed by atoms with Crippen LogP contribution in [0.5, 0.6) is 5.75 Å². The summed E-state index contributed by atoms with van der Waals surface area (Å²) in [4.78, 5) is 24.4. The molecule has 1 aromatic heterocycles. The number of aromatic hydroxyl groups is 1. The van der Waals surface area contributed by atoms with Crippen LogP contribution in [-0.2, 0) is 4.79 Å². The molecule has 0 unspecified atom stereocenters. The Morgan fingerprint density at radius 2 is 1.68 bits per heavy atom. The van der Waals surface area contributed by atoms with E-state index in [4.69, 9.17) is 4.98 Å². The maximum atomic E-state index is 13.4. The quantitative estimate of drug-likeness (QED) is 0.444. The number of aromatic nitrogens is 1. The van der Waals surface area contributed by atoms with E-state index < -0.39 is 0 Å². The summed E-state index contributed by atoms with van der Waals surface area (Å²) >= 11 is 1.47. The minimum atomic E-state index is -0.269. The molecule has 2 heterocycles. The number of amidine groups is 1. The number of rotatable bonds is 3. The Morgan fingerprint density at radius 1 is 0.968 bits per heavy atom. The number of thiazole rings is 1. The van der Waals surface area contributed by atoms with Crippen molar-refractivity contribution in [3.8, 4) is 5.75 Å². The molecule has 0 radical (unpaired) electrons. The van der Waals surface area contributed by atoms with Crippen LogP contribution in [0.1, 0.15) is 22.3 Å². The molecule has 1 N–H and O–H groups in total. The van der Waals surface area contributed by atoms with Gasteiger partial charge in [-0.25, -0.2) is 14.9 Å². The molecule has 6 heteroatoms. The molecule has 0 saturated heterocycles. The number of hydrogen-bond donors (Lipinski definition) is 1. The van der Waals surface area contributed by atoms with Crippen LogP contribution < -0.4 is 4.90 Å². The van der Waals surface area contributed by atoms with Gasteiger partial charge in [0.05, 0.1) is 10.2 Å². The van der Waals surface area contributed by atoms with Gasteiger partial charge in [0.15, 0.2) is 5.13 Å². The highest BCUT2D eigenvalue weighted by atomic mass is 32.1. The van der Waals surface area contributed by atoms with Crippen molar-refractivity contribution in [2.75, 3.05) is 4.90 Å². The minimum Gasteiger partial charge on any atom is -0.507 e. The number of phenols is 1. The highest BCUT2D eigenvalue weighted by Crippen LogP contribution is 2.35. The van der Waals surface area contributed by atoms with Gasteiger partial charge in [-0.2, -0.15) is 0 Å². The smallest absolute Gasteiger partial charge is 0.284 e. The summed E-state index contributed by atoms with van der Waals surface area (Å²) in [5.41, 5.74) is 4.83. The van der Waals surface area contributed by atoms with Crippen LogP contribution in [0.15, 0.2) is 77.4 Å². The predicted molar refractivity (Wildman–Crippen MR) is 126 cm³/mol. The molecule has 0 atom stereocenters. The van der Waals surface area contributed by atoms with Gasteiger partial charge in [0.2, 0.25) is 0 Å². The average molecular weight is 426 g/mol. The number of anilines is 1. The Kier molecular flexibility index (Phi) is 4.64. The van der Waals surface area contributed by atoms with Gasteiger partial charge in [0.25, 0.3) is 5.91 Å². The number of phenolic OH excluding ortho intramolecular Hbond substituents is 1. The summed E-state index contributed by atoms with van der Waals surface area (Å²) < 4.78 is 1.02. The van der Waals surface area contributed by atoms with Crippen molar-refractivity contribution in [1.29, 1.82) is 0 Å². The van der Waals surface area contributed by atoms with E-state index in [0.29, 0.717) is 16.5 Å². The number of aliphatic imine (C=N–C) groups is 1. The van der Waals surface area contributed by atoms with Crippen LogP contribution in [0.25, 0.3) is 16.3 Å². The molecule has 0 bridgehead atoms. The zero-order chi connectivity index (χ0) is 21.5. The number of para-hydroxylation sites is 1. The topological polar surface area (TPSA) is 65.8 Å². The standard InChI is InChI=1S/C25H19N3O2S/c1-15-12-19-22(13-16(15)2)31-25(27-19)28-23(17-8-4-3-5-9-17)26-20(24(28)30)14-18-10-6-7-11-21(18)29/h3-14,29H,1-2H3/b20-14-. The molecule has 3 aromatic carbocycles. The predicted octanol–water partition coefficient (Wildman–Crippen LogP) is 5.45. The first kappa shape index (κ1) is 19.2. The number of carbonyl (C=O) groups is 1. The third-order valence-electron chi connectivity index (χ3n) is 5.31. The first-order chi connectivity index (χ1) is 15.0. The summed E-state index contributed by atoms with van der Waals surface area (Å²) in [5, 5.41) is 10.7. The summed E-state index contributed by atoms with van der Waals surface area (Å²) in [6, 6.07) is 20.6. The second-order valence-electron chi connectivity index (χ2n) is 7.43. The summed E-state index contributed by atoms with van der Waals surface area (Å²) in [6.45, 7) is 4.12. The van der Waals surface area contributed by atoms with E-state index in [9.17, 15) is 9.90 Å². The zero-order valence-electron chi connectivity index (χ0n) is 17.0. The molecule has 0 aliphatic carbocycles. The van der Waals surface area contributed by atoms with E-state index in [1.54, 1.807) is 29.2 Å². The van der Waals surface area contributed by atoms with Gasteiger partial charge in [-0.15, -0.1) is 0 Å². The lowest BCUT2D eigenvalue weighted by atomic mass is 10.1. The van der Waals surface area contributed by atoms with Crippen molar-refractivity contribution >= 4 is 44.5 Å². The van der Waals surface area contributed by atoms with Crippen molar-refractivity contribution < 1.29 is 9.90 Å². The molecule has 31 heavy (non-hydrogen) atoms. The number of nitrogens with zero attached hydrogens (tertiary/aromatic N) is 3. The summed E-state index contributed by atoms with van der Waals surface area (Å²) in [6.07, 6.45) is 1.61. The number of hydrogen-bond acceptors (Lipinski definition) is 5. The first-order valence-corrected chi connectivity index (χ1v) is 10.7. The maximum absolute atomic E-state index is 13.4. The zero-order valence-corrected chi connectivity index (χ0v) is 17.9. The lowest BCUT2D eigenvalue weighted by Gasteiger charge is -2.14. The van der Waals surface area contributed by atoms with Crippen LogP contribution in [0.2, 0.25) is 0 Å². The van der Waals surface area contributed by atoms with Gasteiger partial charge in [0, 0.05) is 11.1 Å². The monoisotopic (exact) mass is 425 g/mol. The molecule has 0 spiro atoms. The van der Waals surface area contributed by atoms with Crippen molar-refractivity contribution in [2.24, 2.45) is 4.99 Å². The molecule has 1 aliphatic heterocycles. The fraction of sp³-hybridized carbons (Fsp3) is 0.0800. The number of amides is 1. The molecule has 0 saturated carbocycles. The van der Waals surface area contributed by atoms with E-state index in [0.717, 1.165) is 21.3 Å². The van der Waals surface area contributed by atoms with Crippen LogP contribution in [0.3, 0.4) is 0 Å². The van der Waals surface area contributed by atoms with Gasteiger partial charge in [0.1, 0.15) is 17.3 Å². The third kappa shape index (κ3) is 3.41. The summed E-state index contributed by atoms with van der Waals surface area (Å²) in [7, 11) is 0. The highest BCUT2D eigenvalue weighted by molar-refractivity contribution is 7.22. The van der Waals surface area contributed by atoms with E-state index in [1.165, 1.54) is 16.9 Å². The van der Waals surface area contributed by atoms with E-state index in [-0.39, 0.29) is 17.4 Å². The van der Waals surface area contributed by atoms with Crippen molar-refractivity contribution in [1.82, 2.24) is 4.98 Å². The largest absolute Gasteiger partial charge is 0.507 e. The van der Waals surface area contributed by atoms with Gasteiger partial charge in [-0.1, -0.05) is 59.9 Å². The second-order valence-corrected chi connectivity index (χ2v) is 8.44. The summed E-state index contributed by atoms with van der Waals surface area (Å²) in [5.74, 6) is 0.359. The Hall–Kier alpha value is -3.77. The molecule has 0 fully saturated rings. The van der Waals surface area contributed by atoms with Gasteiger partial charge >= 0.3 is 0 Å². The van der Waals surface area contributed by atoms with Gasteiger partial charge < -0.3 is 5.11 Å². The van der Waals surface area contributed by atoms with Gasteiger partial charge in [-0.05, 0) is 49.2 Å². The van der Waals surface area contributed by atoms with Crippen molar-refractivity contribution in [2.45, 2.75) is 13.8 Å². The highest BCUT2D eigenvalue weighted by Gasteiger charge is 2.34. The Balaban J connectivity index is 1.66. The van der Waals surface area contributed by atoms with E-state index in [1.807, 2.05) is 42.5 Å². The van der Waals surface area contributed by atoms with Crippen LogP contribution in [0.4, 0.5) is 5.13 Å². The fourth-order valence-electron chi connectivity index (χ4n) is 3.50. The molecule has 5 nitrogen and oxygen atoms in total. The first-order valence-electron chi connectivity index (χ1n) is 9.87. The molecular formula is C25H19N3O2S. The van der Waals surface area contributed by atoms with Crippen LogP contribution in [-0.4, -0.2) is 21.8 Å². The SMILES string of the molecule is Cc1cc2nc(N3C(=O)/C(=C/c4ccccc4O)N=C3c3ccccc3)sc2cc1C. The normalized spacial score (nSPS) is 15.2. The van der Waals surface area contributed by atoms with E-state index in [2.05, 4.69) is 24.9 Å².